The van der Waals surface area contributed by atoms with Gasteiger partial charge in [-0.25, -0.2) is 4.18 Å². The maximum Gasteiger partial charge on any atom is 0.398 e. The van der Waals surface area contributed by atoms with Crippen molar-refractivity contribution in [1.82, 2.24) is 0 Å². The maximum absolute atomic E-state index is 12.7. The van der Waals surface area contributed by atoms with Crippen LogP contribution in [0.5, 0.6) is 0 Å². The van der Waals surface area contributed by atoms with Gasteiger partial charge in [0.2, 0.25) is 0 Å². The molecule has 7 heteroatoms. The maximum atomic E-state index is 12.7. The smallest absolute Gasteiger partial charge is 0.393 e. The quantitative estimate of drug-likeness (QED) is 0.544. The fourth-order valence-corrected chi connectivity index (χ4v) is 8.34. The molecule has 4 aliphatic rings. The highest BCUT2D eigenvalue weighted by molar-refractivity contribution is 7.81. The molecule has 28 heavy (non-hydrogen) atoms. The van der Waals surface area contributed by atoms with E-state index in [0.29, 0.717) is 24.7 Å². The molecule has 0 heterocycles. The summed E-state index contributed by atoms with van der Waals surface area (Å²) < 4.78 is 37.8. The Balaban J connectivity index is 1.71. The second-order valence-electron chi connectivity index (χ2n) is 10.0. The first-order valence-corrected chi connectivity index (χ1v) is 11.9. The van der Waals surface area contributed by atoms with Gasteiger partial charge in [-0.1, -0.05) is 25.5 Å². The van der Waals surface area contributed by atoms with E-state index in [1.54, 1.807) is 0 Å². The number of ketones is 1. The number of carbonyl (C=O) groups excluding carboxylic acids is 1. The van der Waals surface area contributed by atoms with Crippen molar-refractivity contribution >= 4 is 16.2 Å². The first-order valence-electron chi connectivity index (χ1n) is 10.5. The fraction of sp³-hybridized carbons (Fsp3) is 0.857. The summed E-state index contributed by atoms with van der Waals surface area (Å²) in [6.07, 6.45) is 8.19. The molecule has 0 aromatic carbocycles. The number of hydrogen-bond acceptors (Lipinski definition) is 5. The number of Topliss-reactive ketones (excluding diaryl/α,β-unsaturated/α-hetero) is 1. The minimum atomic E-state index is -4.73. The van der Waals surface area contributed by atoms with Crippen molar-refractivity contribution in [2.75, 3.05) is 0 Å². The number of fused-ring (bicyclic) bond motifs is 5. The zero-order valence-electron chi connectivity index (χ0n) is 17.0. The third-order valence-electron chi connectivity index (χ3n) is 9.01. The third-order valence-corrected chi connectivity index (χ3v) is 9.51. The summed E-state index contributed by atoms with van der Waals surface area (Å²) >= 11 is 0. The van der Waals surface area contributed by atoms with Crippen molar-refractivity contribution < 1.29 is 27.1 Å². The molecule has 0 unspecified atom stereocenters. The van der Waals surface area contributed by atoms with Gasteiger partial charge in [-0.05, 0) is 81.5 Å². The van der Waals surface area contributed by atoms with E-state index in [-0.39, 0.29) is 23.2 Å². The number of carbonyl (C=O) groups is 1. The van der Waals surface area contributed by atoms with Crippen LogP contribution in [0.15, 0.2) is 11.6 Å². The van der Waals surface area contributed by atoms with Gasteiger partial charge in [-0.2, -0.15) is 8.42 Å². The summed E-state index contributed by atoms with van der Waals surface area (Å²) in [5.41, 5.74) is -0.620. The summed E-state index contributed by atoms with van der Waals surface area (Å²) in [6, 6.07) is 0. The Bertz CT molecular complexity index is 819. The van der Waals surface area contributed by atoms with Crippen molar-refractivity contribution in [1.29, 1.82) is 0 Å². The second kappa shape index (κ2) is 6.37. The van der Waals surface area contributed by atoms with Crippen molar-refractivity contribution in [3.8, 4) is 0 Å². The van der Waals surface area contributed by atoms with E-state index >= 15 is 0 Å². The summed E-state index contributed by atoms with van der Waals surface area (Å²) in [7, 11) is -4.73. The van der Waals surface area contributed by atoms with E-state index in [0.717, 1.165) is 38.5 Å². The molecule has 158 valence electrons. The standard InChI is InChI=1S/C21H32O6S/c1-13(22)21(27-28(24,25)26)11-8-18-16-5-4-14-12-15(23)6-9-19(14,2)17(16)7-10-20(18,21)3/h4,15-18,23H,5-12H2,1-3H3,(H,24,25,26)/t15-,16+,17-,18-,19+,20-,21-/m1/s1. The van der Waals surface area contributed by atoms with Crippen LogP contribution in [0.1, 0.15) is 72.1 Å². The van der Waals surface area contributed by atoms with Crippen LogP contribution in [0.4, 0.5) is 0 Å². The average Bonchev–Trinajstić information content (AvgIpc) is 2.88. The van der Waals surface area contributed by atoms with E-state index in [2.05, 4.69) is 13.0 Å². The molecule has 6 nitrogen and oxygen atoms in total. The average molecular weight is 413 g/mol. The molecule has 3 saturated carbocycles. The fourth-order valence-electron chi connectivity index (χ4n) is 7.59. The topological polar surface area (TPSA) is 101 Å². The zero-order valence-corrected chi connectivity index (χ0v) is 17.8. The Hall–Kier alpha value is -0.760. The minimum absolute atomic E-state index is 0.0782. The minimum Gasteiger partial charge on any atom is -0.393 e. The molecule has 0 aromatic rings. The number of aliphatic hydroxyl groups excluding tert-OH is 1. The van der Waals surface area contributed by atoms with Gasteiger partial charge in [-0.15, -0.1) is 0 Å². The van der Waals surface area contributed by atoms with E-state index < -0.39 is 21.4 Å². The van der Waals surface area contributed by atoms with Crippen molar-refractivity contribution in [3.05, 3.63) is 11.6 Å². The summed E-state index contributed by atoms with van der Waals surface area (Å²) in [6.45, 7) is 5.69. The molecular weight excluding hydrogens is 380 g/mol. The molecule has 7 atom stereocenters. The molecule has 0 spiro atoms. The lowest BCUT2D eigenvalue weighted by atomic mass is 9.47. The lowest BCUT2D eigenvalue weighted by Crippen LogP contribution is -2.58. The van der Waals surface area contributed by atoms with Crippen molar-refractivity contribution in [2.45, 2.75) is 83.8 Å². The lowest BCUT2D eigenvalue weighted by molar-refractivity contribution is -0.153. The van der Waals surface area contributed by atoms with E-state index in [9.17, 15) is 22.9 Å². The van der Waals surface area contributed by atoms with E-state index in [4.69, 9.17) is 4.18 Å². The van der Waals surface area contributed by atoms with Crippen LogP contribution in [-0.2, 0) is 19.4 Å². The number of allylic oxidation sites excluding steroid dienone is 1. The number of aliphatic hydroxyl groups is 1. The molecule has 3 fully saturated rings. The van der Waals surface area contributed by atoms with E-state index in [1.807, 2.05) is 6.92 Å². The summed E-state index contributed by atoms with van der Waals surface area (Å²) in [5, 5.41) is 10.1. The lowest BCUT2D eigenvalue weighted by Gasteiger charge is -2.58. The molecule has 0 saturated heterocycles. The molecule has 0 amide bonds. The molecule has 4 aliphatic carbocycles. The Morgan fingerprint density at radius 2 is 1.82 bits per heavy atom. The van der Waals surface area contributed by atoms with Crippen LogP contribution in [0, 0.1) is 28.6 Å². The highest BCUT2D eigenvalue weighted by Gasteiger charge is 2.67. The van der Waals surface area contributed by atoms with Crippen LogP contribution in [0.2, 0.25) is 0 Å². The second-order valence-corrected chi connectivity index (χ2v) is 11.1. The van der Waals surface area contributed by atoms with Crippen molar-refractivity contribution in [2.24, 2.45) is 28.6 Å². The molecule has 0 aromatic heterocycles. The number of rotatable bonds is 3. The van der Waals surface area contributed by atoms with Gasteiger partial charge in [0.05, 0.1) is 6.10 Å². The summed E-state index contributed by atoms with van der Waals surface area (Å²) in [4.78, 5) is 12.7. The van der Waals surface area contributed by atoms with Crippen LogP contribution in [0.3, 0.4) is 0 Å². The highest BCUT2D eigenvalue weighted by atomic mass is 32.3. The molecule has 0 bridgehead atoms. The van der Waals surface area contributed by atoms with Gasteiger partial charge in [0, 0.05) is 5.41 Å². The normalized spacial score (nSPS) is 48.2. The van der Waals surface area contributed by atoms with Gasteiger partial charge in [0.1, 0.15) is 0 Å². The van der Waals surface area contributed by atoms with Gasteiger partial charge in [0.15, 0.2) is 11.4 Å². The predicted octanol–water partition coefficient (Wildman–Crippen LogP) is 3.46. The van der Waals surface area contributed by atoms with Crippen LogP contribution >= 0.6 is 0 Å². The Morgan fingerprint density at radius 1 is 1.14 bits per heavy atom. The summed E-state index contributed by atoms with van der Waals surface area (Å²) in [5.74, 6) is 0.714. The molecule has 0 aliphatic heterocycles. The van der Waals surface area contributed by atoms with Crippen LogP contribution in [-0.4, -0.2) is 35.6 Å². The third kappa shape index (κ3) is 2.76. The van der Waals surface area contributed by atoms with E-state index in [1.165, 1.54) is 12.5 Å². The monoisotopic (exact) mass is 412 g/mol. The van der Waals surface area contributed by atoms with Gasteiger partial charge >= 0.3 is 10.4 Å². The Kier molecular flexibility index (Phi) is 4.66. The predicted molar refractivity (Wildman–Crippen MR) is 104 cm³/mol. The Labute approximate surface area is 167 Å². The van der Waals surface area contributed by atoms with Gasteiger partial charge in [-0.3, -0.25) is 9.35 Å². The SMILES string of the molecule is CC(=O)[C@]1(OS(=O)(=O)O)CC[C@@H]2[C@H]3CC=C4C[C@H](O)CC[C@]4(C)[C@@H]3CC[C@]21C. The highest BCUT2D eigenvalue weighted by Crippen LogP contribution is 2.68. The van der Waals surface area contributed by atoms with Crippen LogP contribution in [0.25, 0.3) is 0 Å². The number of hydrogen-bond donors (Lipinski definition) is 2. The Morgan fingerprint density at radius 3 is 2.46 bits per heavy atom. The van der Waals surface area contributed by atoms with Gasteiger partial charge in [0.25, 0.3) is 0 Å². The molecule has 2 N–H and O–H groups in total. The van der Waals surface area contributed by atoms with Crippen LogP contribution < -0.4 is 0 Å². The van der Waals surface area contributed by atoms with Gasteiger partial charge < -0.3 is 5.11 Å². The molecule has 4 rings (SSSR count). The zero-order chi connectivity index (χ0) is 20.5. The first-order chi connectivity index (χ1) is 12.9. The molecular formula is C21H32O6S. The first kappa shape index (κ1) is 20.5. The van der Waals surface area contributed by atoms with Crippen molar-refractivity contribution in [3.63, 3.8) is 0 Å². The molecule has 0 radical (unpaired) electrons. The largest absolute Gasteiger partial charge is 0.398 e.